The molecule has 100 valence electrons. The van der Waals surface area contributed by atoms with E-state index in [0.29, 0.717) is 11.7 Å². The number of hydrogen-bond donors (Lipinski definition) is 2. The van der Waals surface area contributed by atoms with Crippen LogP contribution in [0.4, 0.5) is 5.82 Å². The molecule has 0 spiro atoms. The number of rotatable bonds is 2. The monoisotopic (exact) mass is 256 g/mol. The predicted octanol–water partition coefficient (Wildman–Crippen LogP) is 2.14. The molecule has 19 heavy (non-hydrogen) atoms. The lowest BCUT2D eigenvalue weighted by atomic mass is 9.89. The molecule has 1 saturated heterocycles. The summed E-state index contributed by atoms with van der Waals surface area (Å²) in [5.74, 6) is 1.37. The van der Waals surface area contributed by atoms with Crippen molar-refractivity contribution in [3.8, 4) is 11.3 Å². The van der Waals surface area contributed by atoms with Crippen LogP contribution in [0.3, 0.4) is 0 Å². The van der Waals surface area contributed by atoms with Crippen LogP contribution in [-0.2, 0) is 7.05 Å². The first-order valence-corrected chi connectivity index (χ1v) is 6.84. The Morgan fingerprint density at radius 1 is 1.26 bits per heavy atom. The number of nitrogen functional groups attached to an aromatic ring is 1. The van der Waals surface area contributed by atoms with Gasteiger partial charge in [-0.05, 0) is 43.5 Å². The lowest BCUT2D eigenvalue weighted by Crippen LogP contribution is -2.26. The van der Waals surface area contributed by atoms with Crippen LogP contribution < -0.4 is 11.1 Å². The largest absolute Gasteiger partial charge is 0.384 e. The van der Waals surface area contributed by atoms with Crippen LogP contribution in [0, 0.1) is 0 Å². The van der Waals surface area contributed by atoms with Gasteiger partial charge >= 0.3 is 0 Å². The van der Waals surface area contributed by atoms with Crippen LogP contribution in [-0.4, -0.2) is 22.9 Å². The van der Waals surface area contributed by atoms with Gasteiger partial charge in [-0.2, -0.15) is 5.10 Å². The maximum atomic E-state index is 5.85. The predicted molar refractivity (Wildman–Crippen MR) is 77.9 cm³/mol. The van der Waals surface area contributed by atoms with Crippen LogP contribution in [0.5, 0.6) is 0 Å². The van der Waals surface area contributed by atoms with Crippen LogP contribution >= 0.6 is 0 Å². The van der Waals surface area contributed by atoms with Gasteiger partial charge < -0.3 is 11.1 Å². The van der Waals surface area contributed by atoms with Gasteiger partial charge in [0.2, 0.25) is 0 Å². The zero-order valence-electron chi connectivity index (χ0n) is 11.3. The quantitative estimate of drug-likeness (QED) is 0.865. The van der Waals surface area contributed by atoms with Crippen LogP contribution in [0.15, 0.2) is 30.3 Å². The minimum absolute atomic E-state index is 0.669. The summed E-state index contributed by atoms with van der Waals surface area (Å²) >= 11 is 0. The van der Waals surface area contributed by atoms with Gasteiger partial charge in [0.25, 0.3) is 0 Å². The molecule has 2 heterocycles. The summed E-state index contributed by atoms with van der Waals surface area (Å²) in [6.07, 6.45) is 2.43. The molecular formula is C15H20N4. The first-order chi connectivity index (χ1) is 9.24. The number of nitrogens with zero attached hydrogens (tertiary/aromatic N) is 2. The number of anilines is 1. The third-order valence-electron chi connectivity index (χ3n) is 3.91. The smallest absolute Gasteiger partial charge is 0.121 e. The first kappa shape index (κ1) is 12.2. The van der Waals surface area contributed by atoms with Gasteiger partial charge in [-0.3, -0.25) is 4.68 Å². The van der Waals surface area contributed by atoms with Gasteiger partial charge in [0.15, 0.2) is 0 Å². The molecule has 4 heteroatoms. The molecule has 0 atom stereocenters. The number of benzene rings is 1. The molecule has 2 aromatic rings. The number of aryl methyl sites for hydroxylation is 1. The van der Waals surface area contributed by atoms with Crippen LogP contribution in [0.25, 0.3) is 11.3 Å². The summed E-state index contributed by atoms with van der Waals surface area (Å²) in [6.45, 7) is 2.23. The topological polar surface area (TPSA) is 55.9 Å². The highest BCUT2D eigenvalue weighted by Gasteiger charge is 2.16. The third-order valence-corrected chi connectivity index (χ3v) is 3.91. The summed E-state index contributed by atoms with van der Waals surface area (Å²) in [4.78, 5) is 0. The second kappa shape index (κ2) is 5.05. The average Bonchev–Trinajstić information content (AvgIpc) is 2.80. The molecule has 4 nitrogen and oxygen atoms in total. The number of nitrogens with one attached hydrogen (secondary N) is 1. The van der Waals surface area contributed by atoms with Gasteiger partial charge in [-0.25, -0.2) is 0 Å². The van der Waals surface area contributed by atoms with E-state index in [1.54, 1.807) is 4.68 Å². The van der Waals surface area contributed by atoms with E-state index in [-0.39, 0.29) is 0 Å². The molecule has 0 saturated carbocycles. The third kappa shape index (κ3) is 2.49. The molecule has 1 aliphatic heterocycles. The van der Waals surface area contributed by atoms with Gasteiger partial charge in [0.05, 0.1) is 5.69 Å². The maximum Gasteiger partial charge on any atom is 0.121 e. The van der Waals surface area contributed by atoms with Crippen molar-refractivity contribution in [1.82, 2.24) is 15.1 Å². The highest BCUT2D eigenvalue weighted by atomic mass is 15.3. The van der Waals surface area contributed by atoms with E-state index in [9.17, 15) is 0 Å². The summed E-state index contributed by atoms with van der Waals surface area (Å²) in [6, 6.07) is 10.6. The average molecular weight is 256 g/mol. The molecule has 0 unspecified atom stereocenters. The molecule has 3 N–H and O–H groups in total. The fourth-order valence-corrected chi connectivity index (χ4v) is 2.73. The highest BCUT2D eigenvalue weighted by Crippen LogP contribution is 2.29. The SMILES string of the molecule is Cn1nc(-c2cccc(C3CCNCC3)c2)cc1N. The van der Waals surface area contributed by atoms with Crippen molar-refractivity contribution in [2.45, 2.75) is 18.8 Å². The number of piperidine rings is 1. The van der Waals surface area contributed by atoms with Gasteiger partial charge in [0, 0.05) is 18.7 Å². The van der Waals surface area contributed by atoms with E-state index in [0.717, 1.165) is 24.3 Å². The van der Waals surface area contributed by atoms with Crippen molar-refractivity contribution in [1.29, 1.82) is 0 Å². The number of nitrogens with two attached hydrogens (primary N) is 1. The lowest BCUT2D eigenvalue weighted by molar-refractivity contribution is 0.460. The van der Waals surface area contributed by atoms with Crippen molar-refractivity contribution >= 4 is 5.82 Å². The van der Waals surface area contributed by atoms with Crippen LogP contribution in [0.1, 0.15) is 24.3 Å². The van der Waals surface area contributed by atoms with Gasteiger partial charge in [-0.1, -0.05) is 18.2 Å². The van der Waals surface area contributed by atoms with E-state index >= 15 is 0 Å². The van der Waals surface area contributed by atoms with Gasteiger partial charge in [0.1, 0.15) is 5.82 Å². The summed E-state index contributed by atoms with van der Waals surface area (Å²) < 4.78 is 1.71. The molecule has 0 aliphatic carbocycles. The highest BCUT2D eigenvalue weighted by molar-refractivity contribution is 5.63. The second-order valence-electron chi connectivity index (χ2n) is 5.23. The fraction of sp³-hybridized carbons (Fsp3) is 0.400. The molecule has 1 aromatic heterocycles. The Bertz CT molecular complexity index is 548. The van der Waals surface area contributed by atoms with E-state index in [1.807, 2.05) is 13.1 Å². The Morgan fingerprint density at radius 3 is 2.74 bits per heavy atom. The maximum absolute atomic E-state index is 5.85. The van der Waals surface area contributed by atoms with Crippen molar-refractivity contribution < 1.29 is 0 Å². The summed E-state index contributed by atoms with van der Waals surface area (Å²) in [7, 11) is 1.87. The molecule has 0 bridgehead atoms. The Labute approximate surface area is 113 Å². The molecule has 0 radical (unpaired) electrons. The zero-order chi connectivity index (χ0) is 13.2. The minimum atomic E-state index is 0.669. The molecule has 0 amide bonds. The zero-order valence-corrected chi connectivity index (χ0v) is 11.3. The van der Waals surface area contributed by atoms with Crippen molar-refractivity contribution in [3.05, 3.63) is 35.9 Å². The Kier molecular flexibility index (Phi) is 3.25. The van der Waals surface area contributed by atoms with E-state index in [1.165, 1.54) is 18.4 Å². The lowest BCUT2D eigenvalue weighted by Gasteiger charge is -2.23. The van der Waals surface area contributed by atoms with Crippen molar-refractivity contribution in [2.75, 3.05) is 18.8 Å². The first-order valence-electron chi connectivity index (χ1n) is 6.84. The normalized spacial score (nSPS) is 16.7. The Morgan fingerprint density at radius 2 is 2.05 bits per heavy atom. The summed E-state index contributed by atoms with van der Waals surface area (Å²) in [5, 5.41) is 7.86. The summed E-state index contributed by atoms with van der Waals surface area (Å²) in [5.41, 5.74) is 9.38. The molecular weight excluding hydrogens is 236 g/mol. The van der Waals surface area contributed by atoms with E-state index in [2.05, 4.69) is 34.7 Å². The molecule has 1 aromatic carbocycles. The minimum Gasteiger partial charge on any atom is -0.384 e. The van der Waals surface area contributed by atoms with E-state index in [4.69, 9.17) is 5.73 Å². The van der Waals surface area contributed by atoms with Gasteiger partial charge in [-0.15, -0.1) is 0 Å². The second-order valence-corrected chi connectivity index (χ2v) is 5.23. The Balaban J connectivity index is 1.90. The number of aromatic nitrogens is 2. The number of hydrogen-bond acceptors (Lipinski definition) is 3. The van der Waals surface area contributed by atoms with Crippen molar-refractivity contribution in [3.63, 3.8) is 0 Å². The molecule has 1 fully saturated rings. The fourth-order valence-electron chi connectivity index (χ4n) is 2.73. The molecule has 1 aliphatic rings. The van der Waals surface area contributed by atoms with Crippen molar-refractivity contribution in [2.24, 2.45) is 7.05 Å². The standard InChI is InChI=1S/C15H20N4/c1-19-15(16)10-14(18-19)13-4-2-3-12(9-13)11-5-7-17-8-6-11/h2-4,9-11,17H,5-8,16H2,1H3. The van der Waals surface area contributed by atoms with E-state index < -0.39 is 0 Å². The molecule has 3 rings (SSSR count). The Hall–Kier alpha value is -1.81. The van der Waals surface area contributed by atoms with Crippen LogP contribution in [0.2, 0.25) is 0 Å².